The SMILES string of the molecule is CC(O)C(=O)N1C(=O)CSc2ccc(N)cc21. The minimum absolute atomic E-state index is 0.190. The first-order chi connectivity index (χ1) is 8.00. The zero-order valence-electron chi connectivity index (χ0n) is 9.21. The summed E-state index contributed by atoms with van der Waals surface area (Å²) in [6, 6.07) is 5.05. The van der Waals surface area contributed by atoms with E-state index in [1.807, 2.05) is 0 Å². The molecule has 5 nitrogen and oxygen atoms in total. The third-order valence-corrected chi connectivity index (χ3v) is 3.45. The molecule has 0 saturated heterocycles. The Balaban J connectivity index is 2.49. The predicted octanol–water partition coefficient (Wildman–Crippen LogP) is 0.615. The number of aliphatic hydroxyl groups excluding tert-OH is 1. The van der Waals surface area contributed by atoms with E-state index in [1.165, 1.54) is 18.7 Å². The maximum atomic E-state index is 11.8. The molecule has 0 aliphatic carbocycles. The molecule has 2 rings (SSSR count). The van der Waals surface area contributed by atoms with Crippen LogP contribution in [-0.2, 0) is 9.59 Å². The molecule has 2 amide bonds. The van der Waals surface area contributed by atoms with E-state index in [0.717, 1.165) is 9.80 Å². The van der Waals surface area contributed by atoms with Gasteiger partial charge < -0.3 is 10.8 Å². The van der Waals surface area contributed by atoms with E-state index in [9.17, 15) is 14.7 Å². The molecule has 1 aromatic rings. The van der Waals surface area contributed by atoms with Crippen molar-refractivity contribution in [2.24, 2.45) is 0 Å². The van der Waals surface area contributed by atoms with E-state index >= 15 is 0 Å². The minimum atomic E-state index is -1.21. The molecule has 0 spiro atoms. The van der Waals surface area contributed by atoms with Crippen LogP contribution in [0.1, 0.15) is 6.92 Å². The highest BCUT2D eigenvalue weighted by atomic mass is 32.2. The van der Waals surface area contributed by atoms with Crippen molar-refractivity contribution in [2.45, 2.75) is 17.9 Å². The molecule has 1 aliphatic rings. The maximum Gasteiger partial charge on any atom is 0.262 e. The Morgan fingerprint density at radius 2 is 2.29 bits per heavy atom. The number of rotatable bonds is 1. The average Bonchev–Trinajstić information content (AvgIpc) is 2.27. The number of amides is 2. The van der Waals surface area contributed by atoms with Crippen LogP contribution in [0, 0.1) is 0 Å². The van der Waals surface area contributed by atoms with Crippen molar-refractivity contribution in [2.75, 3.05) is 16.4 Å². The molecule has 90 valence electrons. The molecular weight excluding hydrogens is 240 g/mol. The van der Waals surface area contributed by atoms with Gasteiger partial charge in [-0.15, -0.1) is 11.8 Å². The van der Waals surface area contributed by atoms with Crippen molar-refractivity contribution < 1.29 is 14.7 Å². The molecule has 1 aromatic carbocycles. The van der Waals surface area contributed by atoms with Gasteiger partial charge in [0.25, 0.3) is 5.91 Å². The summed E-state index contributed by atoms with van der Waals surface area (Å²) in [6.07, 6.45) is -1.21. The second-order valence-electron chi connectivity index (χ2n) is 3.76. The van der Waals surface area contributed by atoms with Crippen molar-refractivity contribution in [3.8, 4) is 0 Å². The van der Waals surface area contributed by atoms with Crippen LogP contribution in [0.4, 0.5) is 11.4 Å². The van der Waals surface area contributed by atoms with E-state index in [0.29, 0.717) is 11.4 Å². The Morgan fingerprint density at radius 1 is 1.59 bits per heavy atom. The highest BCUT2D eigenvalue weighted by Crippen LogP contribution is 2.36. The van der Waals surface area contributed by atoms with Crippen LogP contribution < -0.4 is 10.6 Å². The first kappa shape index (κ1) is 11.9. The van der Waals surface area contributed by atoms with Gasteiger partial charge in [0.15, 0.2) is 0 Å². The molecular formula is C11H12N2O3S. The number of imide groups is 1. The lowest BCUT2D eigenvalue weighted by Crippen LogP contribution is -2.45. The second-order valence-corrected chi connectivity index (χ2v) is 4.78. The number of hydrogen-bond acceptors (Lipinski definition) is 5. The number of hydrogen-bond donors (Lipinski definition) is 2. The van der Waals surface area contributed by atoms with Crippen molar-refractivity contribution in [3.05, 3.63) is 18.2 Å². The van der Waals surface area contributed by atoms with E-state index in [-0.39, 0.29) is 11.7 Å². The number of aliphatic hydroxyl groups is 1. The third-order valence-electron chi connectivity index (χ3n) is 2.40. The lowest BCUT2D eigenvalue weighted by molar-refractivity contribution is -0.130. The van der Waals surface area contributed by atoms with Gasteiger partial charge >= 0.3 is 0 Å². The van der Waals surface area contributed by atoms with Gasteiger partial charge in [-0.2, -0.15) is 0 Å². The molecule has 0 saturated carbocycles. The Bertz CT molecular complexity index is 488. The van der Waals surface area contributed by atoms with E-state index in [4.69, 9.17) is 5.73 Å². The minimum Gasteiger partial charge on any atom is -0.399 e. The van der Waals surface area contributed by atoms with E-state index in [1.54, 1.807) is 18.2 Å². The molecule has 1 heterocycles. The smallest absolute Gasteiger partial charge is 0.262 e. The molecule has 0 bridgehead atoms. The van der Waals surface area contributed by atoms with Gasteiger partial charge in [0.2, 0.25) is 5.91 Å². The number of anilines is 2. The zero-order chi connectivity index (χ0) is 12.6. The van der Waals surface area contributed by atoms with Crippen molar-refractivity contribution in [1.82, 2.24) is 0 Å². The highest BCUT2D eigenvalue weighted by Gasteiger charge is 2.32. The molecule has 0 fully saturated rings. The number of nitrogens with two attached hydrogens (primary N) is 1. The molecule has 0 radical (unpaired) electrons. The maximum absolute atomic E-state index is 11.8. The van der Waals surface area contributed by atoms with Gasteiger partial charge in [0, 0.05) is 10.6 Å². The lowest BCUT2D eigenvalue weighted by Gasteiger charge is -2.28. The number of nitrogen functional groups attached to an aromatic ring is 1. The van der Waals surface area contributed by atoms with Crippen LogP contribution in [0.15, 0.2) is 23.1 Å². The standard InChI is InChI=1S/C11H12N2O3S/c1-6(14)11(16)13-8-4-7(12)2-3-9(8)17-5-10(13)15/h2-4,6,14H,5,12H2,1H3. The molecule has 1 unspecified atom stereocenters. The number of carbonyl (C=O) groups excluding carboxylic acids is 2. The summed E-state index contributed by atoms with van der Waals surface area (Å²) in [7, 11) is 0. The Kier molecular flexibility index (Phi) is 3.08. The van der Waals surface area contributed by atoms with Crippen LogP contribution in [0.25, 0.3) is 0 Å². The summed E-state index contributed by atoms with van der Waals surface area (Å²) < 4.78 is 0. The van der Waals surface area contributed by atoms with Crippen molar-refractivity contribution in [1.29, 1.82) is 0 Å². The average molecular weight is 252 g/mol. The fourth-order valence-corrected chi connectivity index (χ4v) is 2.47. The zero-order valence-corrected chi connectivity index (χ0v) is 10.0. The van der Waals surface area contributed by atoms with Gasteiger partial charge in [-0.25, -0.2) is 4.90 Å². The van der Waals surface area contributed by atoms with Crippen LogP contribution in [0.5, 0.6) is 0 Å². The number of carbonyl (C=O) groups is 2. The van der Waals surface area contributed by atoms with E-state index in [2.05, 4.69) is 0 Å². The second kappa shape index (κ2) is 4.38. The van der Waals surface area contributed by atoms with Gasteiger partial charge in [-0.05, 0) is 25.1 Å². The van der Waals surface area contributed by atoms with Crippen LogP contribution in [-0.4, -0.2) is 28.8 Å². The summed E-state index contributed by atoms with van der Waals surface area (Å²) in [4.78, 5) is 25.4. The Hall–Kier alpha value is -1.53. The van der Waals surface area contributed by atoms with Crippen LogP contribution >= 0.6 is 11.8 Å². The normalized spacial score (nSPS) is 16.6. The first-order valence-electron chi connectivity index (χ1n) is 5.08. The predicted molar refractivity (Wildman–Crippen MR) is 65.8 cm³/mol. The van der Waals surface area contributed by atoms with Gasteiger partial charge in [0.1, 0.15) is 6.10 Å². The Morgan fingerprint density at radius 3 is 2.94 bits per heavy atom. The number of thioether (sulfide) groups is 1. The van der Waals surface area contributed by atoms with Gasteiger partial charge in [-0.1, -0.05) is 0 Å². The van der Waals surface area contributed by atoms with E-state index < -0.39 is 12.0 Å². The fourth-order valence-electron chi connectivity index (χ4n) is 1.60. The topological polar surface area (TPSA) is 83.6 Å². The molecule has 6 heteroatoms. The summed E-state index contributed by atoms with van der Waals surface area (Å²) in [6.45, 7) is 1.34. The third kappa shape index (κ3) is 2.13. The van der Waals surface area contributed by atoms with Crippen LogP contribution in [0.2, 0.25) is 0 Å². The summed E-state index contributed by atoms with van der Waals surface area (Å²) in [5, 5.41) is 9.30. The van der Waals surface area contributed by atoms with Crippen molar-refractivity contribution in [3.63, 3.8) is 0 Å². The van der Waals surface area contributed by atoms with Gasteiger partial charge in [0.05, 0.1) is 11.4 Å². The summed E-state index contributed by atoms with van der Waals surface area (Å²) in [5.74, 6) is -0.767. The highest BCUT2D eigenvalue weighted by molar-refractivity contribution is 8.00. The number of fused-ring (bicyclic) bond motifs is 1. The monoisotopic (exact) mass is 252 g/mol. The summed E-state index contributed by atoms with van der Waals surface area (Å²) >= 11 is 1.36. The molecule has 1 atom stereocenters. The lowest BCUT2D eigenvalue weighted by atomic mass is 10.2. The number of nitrogens with zero attached hydrogens (tertiary/aromatic N) is 1. The molecule has 3 N–H and O–H groups in total. The summed E-state index contributed by atoms with van der Waals surface area (Å²) in [5.41, 5.74) is 6.57. The first-order valence-corrected chi connectivity index (χ1v) is 6.06. The molecule has 1 aliphatic heterocycles. The Labute approximate surface area is 103 Å². The number of benzene rings is 1. The fraction of sp³-hybridized carbons (Fsp3) is 0.273. The quantitative estimate of drug-likeness (QED) is 0.716. The van der Waals surface area contributed by atoms with Crippen LogP contribution in [0.3, 0.4) is 0 Å². The van der Waals surface area contributed by atoms with Crippen molar-refractivity contribution >= 4 is 35.0 Å². The molecule has 0 aromatic heterocycles. The van der Waals surface area contributed by atoms with Gasteiger partial charge in [-0.3, -0.25) is 9.59 Å². The largest absolute Gasteiger partial charge is 0.399 e. The molecule has 17 heavy (non-hydrogen) atoms.